The Morgan fingerprint density at radius 2 is 1.80 bits per heavy atom. The van der Waals surface area contributed by atoms with Gasteiger partial charge in [-0.15, -0.1) is 0 Å². The Morgan fingerprint density at radius 3 is 2.10 bits per heavy atom. The Balaban J connectivity index is 3.21. The minimum absolute atomic E-state index is 0.221. The zero-order chi connectivity index (χ0) is 8.20. The van der Waals surface area contributed by atoms with Gasteiger partial charge in [-0.25, -0.2) is 0 Å². The molecule has 0 rings (SSSR count). The van der Waals surface area contributed by atoms with Crippen molar-refractivity contribution < 1.29 is 34.4 Å². The Labute approximate surface area is 69.4 Å². The van der Waals surface area contributed by atoms with E-state index in [9.17, 15) is 13.2 Å². The van der Waals surface area contributed by atoms with Crippen molar-refractivity contribution in [2.24, 2.45) is 0 Å². The van der Waals surface area contributed by atoms with Gasteiger partial charge in [0.25, 0.3) is 0 Å². The van der Waals surface area contributed by atoms with Crippen molar-refractivity contribution in [1.82, 2.24) is 0 Å². The van der Waals surface area contributed by atoms with Crippen LogP contribution in [-0.4, -0.2) is 14.5 Å². The van der Waals surface area contributed by atoms with Crippen LogP contribution in [0.15, 0.2) is 0 Å². The normalized spacial score (nSPS) is 13.0. The van der Waals surface area contributed by atoms with Gasteiger partial charge in [-0.2, -0.15) is 0 Å². The molecule has 64 valence electrons. The summed E-state index contributed by atoms with van der Waals surface area (Å²) in [5.41, 5.74) is 0. The van der Waals surface area contributed by atoms with Crippen LogP contribution in [0.4, 0.5) is 13.2 Å². The summed E-state index contributed by atoms with van der Waals surface area (Å²) < 4.78 is 35.4. The van der Waals surface area contributed by atoms with Gasteiger partial charge in [-0.3, -0.25) is 0 Å². The fourth-order valence-electron chi connectivity index (χ4n) is 0.380. The van der Waals surface area contributed by atoms with Crippen molar-refractivity contribution in [3.8, 4) is 0 Å². The van der Waals surface area contributed by atoms with Crippen LogP contribution in [0, 0.1) is 0 Å². The first-order valence-electron chi connectivity index (χ1n) is 3.06. The molecule has 10 heavy (non-hydrogen) atoms. The zero-order valence-corrected chi connectivity index (χ0v) is 8.16. The first kappa shape index (κ1) is 10.5. The Hall–Kier alpha value is 0.520. The van der Waals surface area contributed by atoms with Crippen LogP contribution in [0.3, 0.4) is 0 Å². The van der Waals surface area contributed by atoms with Gasteiger partial charge < -0.3 is 0 Å². The summed E-state index contributed by atoms with van der Waals surface area (Å²) in [5.74, 6) is 0. The molecule has 0 aliphatic carbocycles. The van der Waals surface area contributed by atoms with Gasteiger partial charge in [0.05, 0.1) is 0 Å². The van der Waals surface area contributed by atoms with E-state index in [0.717, 1.165) is 0 Å². The minimum atomic E-state index is -3.94. The average Bonchev–Trinajstić information content (AvgIpc) is 1.59. The van der Waals surface area contributed by atoms with Crippen LogP contribution in [0.1, 0.15) is 20.3 Å². The summed E-state index contributed by atoms with van der Waals surface area (Å²) >= 11 is -0.221. The van der Waals surface area contributed by atoms with E-state index >= 15 is 0 Å². The topological polar surface area (TPSA) is 0 Å². The molecule has 0 aromatic carbocycles. The van der Waals surface area contributed by atoms with E-state index in [1.165, 1.54) is 0 Å². The molecule has 0 unspecified atom stereocenters. The molecule has 0 aliphatic rings. The first-order valence-corrected chi connectivity index (χ1v) is 5.83. The van der Waals surface area contributed by atoms with E-state index in [1.54, 1.807) is 0 Å². The second-order valence-electron chi connectivity index (χ2n) is 2.22. The fourth-order valence-corrected chi connectivity index (χ4v) is 2.55. The number of alkyl halides is 5. The van der Waals surface area contributed by atoms with Crippen LogP contribution in [-0.2, 0) is 0 Å². The van der Waals surface area contributed by atoms with Crippen LogP contribution >= 0.6 is 0 Å². The maximum atomic E-state index is 11.5. The molecule has 0 heterocycles. The van der Waals surface area contributed by atoms with Gasteiger partial charge in [-0.1, -0.05) is 0 Å². The number of hydrogen-bond donors (Lipinski definition) is 0. The third-order valence-corrected chi connectivity index (χ3v) is 3.72. The van der Waals surface area contributed by atoms with Gasteiger partial charge in [0.2, 0.25) is 0 Å². The van der Waals surface area contributed by atoms with Crippen LogP contribution in [0.25, 0.3) is 0 Å². The van der Waals surface area contributed by atoms with E-state index in [2.05, 4.69) is 0 Å². The quantitative estimate of drug-likeness (QED) is 0.475. The van der Waals surface area contributed by atoms with E-state index in [1.807, 2.05) is 13.8 Å². The van der Waals surface area contributed by atoms with Crippen LogP contribution in [0.2, 0.25) is 0 Å². The molecule has 0 N–H and O–H groups in total. The van der Waals surface area contributed by atoms with Crippen LogP contribution < -0.4 is 21.2 Å². The molecule has 0 atom stereocenters. The van der Waals surface area contributed by atoms with Crippen molar-refractivity contribution in [2.75, 3.05) is 4.43 Å². The van der Waals surface area contributed by atoms with Crippen LogP contribution in [0.5, 0.6) is 0 Å². The molecule has 4 heteroatoms. The molecule has 0 saturated carbocycles. The molecule has 0 aromatic heterocycles. The summed E-state index contributed by atoms with van der Waals surface area (Å²) in [7, 11) is 0. The van der Waals surface area contributed by atoms with Crippen molar-refractivity contribution in [3.63, 3.8) is 0 Å². The molecular formula is C6H11F3I-. The molecule has 0 saturated heterocycles. The summed E-state index contributed by atoms with van der Waals surface area (Å²) in [6.07, 6.45) is -4.52. The summed E-state index contributed by atoms with van der Waals surface area (Å²) in [6.45, 7) is 3.95. The zero-order valence-electron chi connectivity index (χ0n) is 6.00. The second-order valence-corrected chi connectivity index (χ2v) is 6.67. The molecule has 0 radical (unpaired) electrons. The summed E-state index contributed by atoms with van der Waals surface area (Å²) in [5, 5.41) is 0. The van der Waals surface area contributed by atoms with Crippen molar-refractivity contribution >= 4 is 0 Å². The molecule has 0 aromatic rings. The standard InChI is InChI=1S/C6H11F3I/c1-5(2)10-4-3-6(7,8)9/h5H,3-4H2,1-2H3/q-1. The Bertz CT molecular complexity index is 87.5. The molecule has 0 aliphatic heterocycles. The van der Waals surface area contributed by atoms with Crippen molar-refractivity contribution in [2.45, 2.75) is 30.4 Å². The third-order valence-electron chi connectivity index (χ3n) is 0.796. The molecule has 0 amide bonds. The maximum absolute atomic E-state index is 11.5. The number of hydrogen-bond acceptors (Lipinski definition) is 0. The third kappa shape index (κ3) is 8.52. The fraction of sp³-hybridized carbons (Fsp3) is 1.00. The summed E-state index contributed by atoms with van der Waals surface area (Å²) in [4.78, 5) is 0. The number of rotatable bonds is 3. The molecule has 0 spiro atoms. The Morgan fingerprint density at radius 1 is 1.30 bits per heavy atom. The molecule has 0 bridgehead atoms. The second kappa shape index (κ2) is 4.41. The van der Waals surface area contributed by atoms with Gasteiger partial charge >= 0.3 is 69.2 Å². The van der Waals surface area contributed by atoms with E-state index in [-0.39, 0.29) is 21.2 Å². The summed E-state index contributed by atoms with van der Waals surface area (Å²) in [6, 6.07) is 0. The van der Waals surface area contributed by atoms with Gasteiger partial charge in [0.15, 0.2) is 0 Å². The predicted molar refractivity (Wildman–Crippen MR) is 30.7 cm³/mol. The van der Waals surface area contributed by atoms with Gasteiger partial charge in [-0.05, 0) is 0 Å². The first-order chi connectivity index (χ1) is 4.42. The molecule has 0 fully saturated rings. The van der Waals surface area contributed by atoms with Gasteiger partial charge in [0, 0.05) is 0 Å². The van der Waals surface area contributed by atoms with E-state index in [4.69, 9.17) is 0 Å². The average molecular weight is 267 g/mol. The Kier molecular flexibility index (Phi) is 4.64. The van der Waals surface area contributed by atoms with Crippen molar-refractivity contribution in [1.29, 1.82) is 0 Å². The van der Waals surface area contributed by atoms with E-state index in [0.29, 0.717) is 8.35 Å². The number of halogens is 4. The van der Waals surface area contributed by atoms with Crippen molar-refractivity contribution in [3.05, 3.63) is 0 Å². The monoisotopic (exact) mass is 267 g/mol. The SMILES string of the molecule is CC(C)[I-]CCC(F)(F)F. The predicted octanol–water partition coefficient (Wildman–Crippen LogP) is -0.564. The molecular weight excluding hydrogens is 256 g/mol. The molecule has 0 nitrogen and oxygen atoms in total. The van der Waals surface area contributed by atoms with E-state index < -0.39 is 12.6 Å². The van der Waals surface area contributed by atoms with Gasteiger partial charge in [0.1, 0.15) is 0 Å².